The number of carbonyl (C=O) groups is 2. The molecule has 1 heterocycles. The van der Waals surface area contributed by atoms with Gasteiger partial charge in [0, 0.05) is 0 Å². The molecule has 0 saturated heterocycles. The highest BCUT2D eigenvalue weighted by molar-refractivity contribution is 6.06. The fraction of sp³-hybridized carbons (Fsp3) is 0.118. The molecule has 0 radical (unpaired) electrons. The maximum atomic E-state index is 12.2. The maximum absolute atomic E-state index is 12.2. The van der Waals surface area contributed by atoms with E-state index in [2.05, 4.69) is 16.0 Å². The van der Waals surface area contributed by atoms with E-state index < -0.39 is 6.04 Å². The quantitative estimate of drug-likeness (QED) is 0.811. The molecule has 0 aromatic heterocycles. The molecule has 6 nitrogen and oxygen atoms in total. The van der Waals surface area contributed by atoms with E-state index in [0.717, 1.165) is 5.69 Å². The number of hydrogen-bond acceptors (Lipinski definition) is 4. The Kier molecular flexibility index (Phi) is 3.93. The molecule has 1 aliphatic heterocycles. The second kappa shape index (κ2) is 6.20. The molecule has 6 heteroatoms. The van der Waals surface area contributed by atoms with Crippen LogP contribution in [0.15, 0.2) is 48.5 Å². The Hall–Kier alpha value is -3.33. The van der Waals surface area contributed by atoms with E-state index in [4.69, 9.17) is 5.26 Å². The summed E-state index contributed by atoms with van der Waals surface area (Å²) in [4.78, 5) is 24.2. The molecule has 0 unspecified atom stereocenters. The topological polar surface area (TPSA) is 94.0 Å². The molecule has 3 N–H and O–H groups in total. The van der Waals surface area contributed by atoms with E-state index >= 15 is 0 Å². The van der Waals surface area contributed by atoms with Gasteiger partial charge in [-0.3, -0.25) is 9.59 Å². The molecule has 0 fully saturated rings. The van der Waals surface area contributed by atoms with Crippen LogP contribution < -0.4 is 16.0 Å². The summed E-state index contributed by atoms with van der Waals surface area (Å²) in [5, 5.41) is 17.5. The minimum Gasteiger partial charge on any atom is -0.372 e. The molecule has 1 aliphatic rings. The molecular weight excluding hydrogens is 292 g/mol. The van der Waals surface area contributed by atoms with Crippen LogP contribution in [0.5, 0.6) is 0 Å². The van der Waals surface area contributed by atoms with Crippen molar-refractivity contribution in [1.29, 1.82) is 5.26 Å². The van der Waals surface area contributed by atoms with Crippen LogP contribution in [0.25, 0.3) is 0 Å². The van der Waals surface area contributed by atoms with E-state index in [1.807, 2.05) is 24.3 Å². The number of nitriles is 1. The van der Waals surface area contributed by atoms with E-state index in [1.165, 1.54) is 0 Å². The van der Waals surface area contributed by atoms with Crippen LogP contribution in [0.2, 0.25) is 0 Å². The van der Waals surface area contributed by atoms with Crippen LogP contribution in [-0.4, -0.2) is 17.9 Å². The van der Waals surface area contributed by atoms with Gasteiger partial charge in [-0.05, 0) is 24.3 Å². The normalized spacial score (nSPS) is 15.6. The lowest BCUT2D eigenvalue weighted by Crippen LogP contribution is -2.41. The number of carbonyl (C=O) groups excluding carboxylic acids is 2. The molecule has 0 spiro atoms. The highest BCUT2D eigenvalue weighted by Gasteiger charge is 2.27. The van der Waals surface area contributed by atoms with Crippen molar-refractivity contribution in [2.45, 2.75) is 12.5 Å². The number of para-hydroxylation sites is 3. The van der Waals surface area contributed by atoms with Gasteiger partial charge in [-0.2, -0.15) is 5.26 Å². The fourth-order valence-corrected chi connectivity index (χ4v) is 2.41. The number of nitrogens with one attached hydrogen (secondary N) is 3. The Morgan fingerprint density at radius 2 is 1.83 bits per heavy atom. The predicted octanol–water partition coefficient (Wildman–Crippen LogP) is 2.32. The van der Waals surface area contributed by atoms with Gasteiger partial charge in [0.15, 0.2) is 0 Å². The van der Waals surface area contributed by atoms with Crippen molar-refractivity contribution in [3.05, 3.63) is 54.1 Å². The summed E-state index contributed by atoms with van der Waals surface area (Å²) in [6, 6.07) is 15.4. The largest absolute Gasteiger partial charge is 0.372 e. The molecule has 3 rings (SSSR count). The first-order valence-electron chi connectivity index (χ1n) is 7.13. The third kappa shape index (κ3) is 3.14. The molecule has 23 heavy (non-hydrogen) atoms. The first-order valence-corrected chi connectivity index (χ1v) is 7.13. The molecular formula is C17H14N4O2. The average Bonchev–Trinajstić information content (AvgIpc) is 2.56. The minimum atomic E-state index is -0.654. The summed E-state index contributed by atoms with van der Waals surface area (Å²) >= 11 is 0. The molecule has 2 aromatic rings. The van der Waals surface area contributed by atoms with Gasteiger partial charge >= 0.3 is 0 Å². The summed E-state index contributed by atoms with van der Waals surface area (Å²) in [6.45, 7) is 0. The number of benzene rings is 2. The van der Waals surface area contributed by atoms with Crippen molar-refractivity contribution in [3.63, 3.8) is 0 Å². The Bertz CT molecular complexity index is 810. The van der Waals surface area contributed by atoms with E-state index in [1.54, 1.807) is 30.3 Å². The second-order valence-corrected chi connectivity index (χ2v) is 5.14. The lowest BCUT2D eigenvalue weighted by atomic mass is 10.1. The van der Waals surface area contributed by atoms with E-state index in [9.17, 15) is 9.59 Å². The zero-order valence-electron chi connectivity index (χ0n) is 12.2. The molecule has 0 bridgehead atoms. The zero-order chi connectivity index (χ0) is 16.2. The third-order valence-electron chi connectivity index (χ3n) is 3.54. The van der Waals surface area contributed by atoms with E-state index in [-0.39, 0.29) is 18.2 Å². The van der Waals surface area contributed by atoms with Crippen LogP contribution in [0.4, 0.5) is 17.1 Å². The van der Waals surface area contributed by atoms with Crippen molar-refractivity contribution in [1.82, 2.24) is 0 Å². The van der Waals surface area contributed by atoms with Crippen LogP contribution in [-0.2, 0) is 9.59 Å². The number of anilines is 3. The van der Waals surface area contributed by atoms with Crippen LogP contribution >= 0.6 is 0 Å². The van der Waals surface area contributed by atoms with Gasteiger partial charge < -0.3 is 16.0 Å². The second-order valence-electron chi connectivity index (χ2n) is 5.14. The average molecular weight is 306 g/mol. The van der Waals surface area contributed by atoms with E-state index in [0.29, 0.717) is 16.9 Å². The maximum Gasteiger partial charge on any atom is 0.247 e. The Balaban J connectivity index is 1.69. The number of nitrogens with zero attached hydrogens (tertiary/aromatic N) is 1. The van der Waals surface area contributed by atoms with Crippen LogP contribution in [0.3, 0.4) is 0 Å². The molecule has 114 valence electrons. The Morgan fingerprint density at radius 1 is 1.13 bits per heavy atom. The molecule has 0 aliphatic carbocycles. The number of hydrogen-bond donors (Lipinski definition) is 3. The van der Waals surface area contributed by atoms with Gasteiger partial charge in [-0.25, -0.2) is 0 Å². The number of fused-ring (bicyclic) bond motifs is 1. The number of rotatable bonds is 3. The monoisotopic (exact) mass is 306 g/mol. The molecule has 2 amide bonds. The first kappa shape index (κ1) is 14.6. The smallest absolute Gasteiger partial charge is 0.247 e. The SMILES string of the molecule is N#Cc1ccccc1NC(=O)C[C@@H]1Nc2ccccc2NC1=O. The van der Waals surface area contributed by atoms with Crippen LogP contribution in [0, 0.1) is 11.3 Å². The highest BCUT2D eigenvalue weighted by atomic mass is 16.2. The van der Waals surface area contributed by atoms with Crippen molar-refractivity contribution in [2.24, 2.45) is 0 Å². The van der Waals surface area contributed by atoms with Crippen molar-refractivity contribution < 1.29 is 9.59 Å². The van der Waals surface area contributed by atoms with Gasteiger partial charge in [0.25, 0.3) is 0 Å². The Labute approximate surface area is 133 Å². The lowest BCUT2D eigenvalue weighted by Gasteiger charge is -2.26. The summed E-state index contributed by atoms with van der Waals surface area (Å²) in [7, 11) is 0. The van der Waals surface area contributed by atoms with Gasteiger partial charge in [0.05, 0.1) is 29.0 Å². The van der Waals surface area contributed by atoms with Gasteiger partial charge in [0.1, 0.15) is 12.1 Å². The number of amides is 2. The highest BCUT2D eigenvalue weighted by Crippen LogP contribution is 2.26. The van der Waals surface area contributed by atoms with Gasteiger partial charge in [-0.15, -0.1) is 0 Å². The van der Waals surface area contributed by atoms with Crippen molar-refractivity contribution >= 4 is 28.9 Å². The summed E-state index contributed by atoms with van der Waals surface area (Å²) in [5.74, 6) is -0.591. The third-order valence-corrected chi connectivity index (χ3v) is 3.54. The lowest BCUT2D eigenvalue weighted by molar-refractivity contribution is -0.122. The zero-order valence-corrected chi connectivity index (χ0v) is 12.2. The van der Waals surface area contributed by atoms with Crippen molar-refractivity contribution in [3.8, 4) is 6.07 Å². The standard InChI is InChI=1S/C17H14N4O2/c18-10-11-5-1-2-6-12(11)20-16(22)9-15-17(23)21-14-8-4-3-7-13(14)19-15/h1-8,15,19H,9H2,(H,20,22)(H,21,23)/t15-/m0/s1. The van der Waals surface area contributed by atoms with Gasteiger partial charge in [-0.1, -0.05) is 24.3 Å². The fourth-order valence-electron chi connectivity index (χ4n) is 2.41. The first-order chi connectivity index (χ1) is 11.2. The minimum absolute atomic E-state index is 0.0278. The molecule has 1 atom stereocenters. The summed E-state index contributed by atoms with van der Waals surface area (Å²) in [6.07, 6.45) is -0.0278. The molecule has 2 aromatic carbocycles. The molecule has 0 saturated carbocycles. The summed E-state index contributed by atoms with van der Waals surface area (Å²) < 4.78 is 0. The predicted molar refractivity (Wildman–Crippen MR) is 86.9 cm³/mol. The summed E-state index contributed by atoms with van der Waals surface area (Å²) in [5.41, 5.74) is 2.30. The Morgan fingerprint density at radius 3 is 2.61 bits per heavy atom. The van der Waals surface area contributed by atoms with Gasteiger partial charge in [0.2, 0.25) is 11.8 Å². The van der Waals surface area contributed by atoms with Crippen molar-refractivity contribution in [2.75, 3.05) is 16.0 Å². The van der Waals surface area contributed by atoms with Crippen LogP contribution in [0.1, 0.15) is 12.0 Å².